The Balaban J connectivity index is 2.00. The lowest BCUT2D eigenvalue weighted by molar-refractivity contribution is -0.132. The number of hydrogen-bond acceptors (Lipinski definition) is 5. The summed E-state index contributed by atoms with van der Waals surface area (Å²) in [6.07, 6.45) is 3.19. The fraction of sp³-hybridized carbons (Fsp3) is 0.192. The Labute approximate surface area is 197 Å². The van der Waals surface area contributed by atoms with Gasteiger partial charge in [-0.05, 0) is 73.4 Å². The molecule has 4 rings (SSSR count). The molecule has 0 bridgehead atoms. The minimum atomic E-state index is -0.871. The van der Waals surface area contributed by atoms with Crippen molar-refractivity contribution in [2.24, 2.45) is 0 Å². The molecule has 7 heteroatoms. The first-order valence-corrected chi connectivity index (χ1v) is 10.7. The van der Waals surface area contributed by atoms with Gasteiger partial charge in [-0.1, -0.05) is 23.7 Å². The van der Waals surface area contributed by atoms with E-state index in [0.717, 1.165) is 16.7 Å². The fourth-order valence-electron chi connectivity index (χ4n) is 4.08. The van der Waals surface area contributed by atoms with Crippen LogP contribution in [0, 0.1) is 20.8 Å². The number of ketones is 1. The molecule has 1 fully saturated rings. The summed E-state index contributed by atoms with van der Waals surface area (Å²) in [7, 11) is 1.43. The lowest BCUT2D eigenvalue weighted by Crippen LogP contribution is -2.29. The number of methoxy groups -OCH3 is 1. The molecule has 1 unspecified atom stereocenters. The third-order valence-electron chi connectivity index (χ3n) is 5.86. The third kappa shape index (κ3) is 3.87. The summed E-state index contributed by atoms with van der Waals surface area (Å²) in [5.41, 5.74) is 4.15. The van der Waals surface area contributed by atoms with E-state index in [4.69, 9.17) is 16.3 Å². The first-order chi connectivity index (χ1) is 15.7. The summed E-state index contributed by atoms with van der Waals surface area (Å²) in [6.45, 7) is 5.72. The van der Waals surface area contributed by atoms with Crippen LogP contribution in [-0.4, -0.2) is 28.9 Å². The van der Waals surface area contributed by atoms with E-state index < -0.39 is 17.7 Å². The second-order valence-electron chi connectivity index (χ2n) is 8.05. The van der Waals surface area contributed by atoms with Gasteiger partial charge in [0, 0.05) is 18.1 Å². The number of benzene rings is 2. The van der Waals surface area contributed by atoms with Gasteiger partial charge in [-0.2, -0.15) is 0 Å². The number of aliphatic hydroxyl groups is 1. The molecule has 6 nitrogen and oxygen atoms in total. The van der Waals surface area contributed by atoms with Crippen molar-refractivity contribution in [2.75, 3.05) is 12.0 Å². The molecule has 2 aromatic carbocycles. The predicted octanol–water partition coefficient (Wildman–Crippen LogP) is 5.30. The van der Waals surface area contributed by atoms with Crippen LogP contribution < -0.4 is 9.64 Å². The Hall–Kier alpha value is -3.64. The molecule has 168 valence electrons. The molecular formula is C26H23ClN2O4. The lowest BCUT2D eigenvalue weighted by Gasteiger charge is -2.26. The van der Waals surface area contributed by atoms with Crippen molar-refractivity contribution in [3.05, 3.63) is 93.3 Å². The first-order valence-electron chi connectivity index (χ1n) is 10.4. The number of nitrogens with zero attached hydrogens (tertiary/aromatic N) is 2. The van der Waals surface area contributed by atoms with Gasteiger partial charge in [-0.3, -0.25) is 19.5 Å². The van der Waals surface area contributed by atoms with Crippen molar-refractivity contribution in [3.8, 4) is 5.75 Å². The van der Waals surface area contributed by atoms with Crippen LogP contribution in [0.1, 0.15) is 33.9 Å². The molecule has 1 amide bonds. The van der Waals surface area contributed by atoms with Gasteiger partial charge in [0.25, 0.3) is 11.7 Å². The van der Waals surface area contributed by atoms with E-state index in [2.05, 4.69) is 4.98 Å². The highest BCUT2D eigenvalue weighted by atomic mass is 35.5. The number of anilines is 1. The van der Waals surface area contributed by atoms with Crippen molar-refractivity contribution in [1.82, 2.24) is 4.98 Å². The molecule has 1 atom stereocenters. The molecule has 1 aromatic heterocycles. The van der Waals surface area contributed by atoms with Gasteiger partial charge in [-0.15, -0.1) is 0 Å². The van der Waals surface area contributed by atoms with Gasteiger partial charge in [0.2, 0.25) is 0 Å². The number of aromatic nitrogens is 1. The number of rotatable bonds is 4. The zero-order valence-corrected chi connectivity index (χ0v) is 19.5. The van der Waals surface area contributed by atoms with Crippen molar-refractivity contribution in [3.63, 3.8) is 0 Å². The minimum absolute atomic E-state index is 0.0498. The predicted molar refractivity (Wildman–Crippen MR) is 128 cm³/mol. The SMILES string of the molecule is COc1c(Cl)cc(C)cc1/C(O)=C1\C(=O)C(=O)N(c2ccc(C)c(C)c2)C1c1cccnc1. The number of aliphatic hydroxyl groups excluding tert-OH is 1. The Morgan fingerprint density at radius 2 is 1.85 bits per heavy atom. The van der Waals surface area contributed by atoms with Crippen molar-refractivity contribution in [1.29, 1.82) is 0 Å². The zero-order valence-electron chi connectivity index (χ0n) is 18.7. The summed E-state index contributed by atoms with van der Waals surface area (Å²) in [5, 5.41) is 11.7. The fourth-order valence-corrected chi connectivity index (χ4v) is 4.44. The second-order valence-corrected chi connectivity index (χ2v) is 8.46. The van der Waals surface area contributed by atoms with Crippen LogP contribution in [0.25, 0.3) is 5.76 Å². The van der Waals surface area contributed by atoms with Gasteiger partial charge in [0.15, 0.2) is 0 Å². The smallest absolute Gasteiger partial charge is 0.300 e. The molecule has 0 aliphatic carbocycles. The number of hydrogen-bond donors (Lipinski definition) is 1. The standard InChI is InChI=1S/C26H23ClN2O4/c1-14-10-19(25(33-4)20(27)11-14)23(30)21-22(17-6-5-9-28-13-17)29(26(32)24(21)31)18-8-7-15(2)16(3)12-18/h5-13,22,30H,1-4H3/b23-21+. The number of ether oxygens (including phenoxy) is 1. The van der Waals surface area contributed by atoms with E-state index in [-0.39, 0.29) is 22.6 Å². The zero-order chi connectivity index (χ0) is 23.9. The summed E-state index contributed by atoms with van der Waals surface area (Å²) >= 11 is 6.33. The normalized spacial score (nSPS) is 17.5. The van der Waals surface area contributed by atoms with Gasteiger partial charge in [0.1, 0.15) is 11.5 Å². The largest absolute Gasteiger partial charge is 0.507 e. The maximum atomic E-state index is 13.3. The average molecular weight is 463 g/mol. The highest BCUT2D eigenvalue weighted by Gasteiger charge is 2.47. The van der Waals surface area contributed by atoms with Gasteiger partial charge < -0.3 is 9.84 Å². The maximum absolute atomic E-state index is 13.3. The molecule has 1 N–H and O–H groups in total. The van der Waals surface area contributed by atoms with Gasteiger partial charge in [0.05, 0.1) is 29.3 Å². The number of carbonyl (C=O) groups is 2. The topological polar surface area (TPSA) is 79.7 Å². The number of amides is 1. The summed E-state index contributed by atoms with van der Waals surface area (Å²) < 4.78 is 5.41. The highest BCUT2D eigenvalue weighted by molar-refractivity contribution is 6.51. The number of pyridine rings is 1. The van der Waals surface area contributed by atoms with Crippen LogP contribution in [0.3, 0.4) is 0 Å². The average Bonchev–Trinajstić information content (AvgIpc) is 3.06. The molecule has 2 heterocycles. The minimum Gasteiger partial charge on any atom is -0.507 e. The van der Waals surface area contributed by atoms with Crippen LogP contribution in [0.4, 0.5) is 5.69 Å². The Morgan fingerprint density at radius 1 is 1.09 bits per heavy atom. The number of halogens is 1. The second kappa shape index (κ2) is 8.71. The van der Waals surface area contributed by atoms with E-state index in [1.54, 1.807) is 42.7 Å². The molecule has 0 saturated carbocycles. The summed E-state index contributed by atoms with van der Waals surface area (Å²) in [5.74, 6) is -1.65. The summed E-state index contributed by atoms with van der Waals surface area (Å²) in [6, 6.07) is 11.5. The summed E-state index contributed by atoms with van der Waals surface area (Å²) in [4.78, 5) is 32.2. The van der Waals surface area contributed by atoms with E-state index in [0.29, 0.717) is 16.3 Å². The van der Waals surface area contributed by atoms with Crippen molar-refractivity contribution >= 4 is 34.7 Å². The molecule has 1 aliphatic rings. The molecule has 33 heavy (non-hydrogen) atoms. The van der Waals surface area contributed by atoms with E-state index in [9.17, 15) is 14.7 Å². The molecule has 3 aromatic rings. The first kappa shape index (κ1) is 22.6. The maximum Gasteiger partial charge on any atom is 0.300 e. The van der Waals surface area contributed by atoms with Crippen molar-refractivity contribution in [2.45, 2.75) is 26.8 Å². The Kier molecular flexibility index (Phi) is 5.95. The monoisotopic (exact) mass is 462 g/mol. The van der Waals surface area contributed by atoms with Crippen LogP contribution in [0.5, 0.6) is 5.75 Å². The van der Waals surface area contributed by atoms with Crippen LogP contribution in [0.15, 0.2) is 60.4 Å². The third-order valence-corrected chi connectivity index (χ3v) is 6.14. The highest BCUT2D eigenvalue weighted by Crippen LogP contribution is 2.44. The molecule has 1 saturated heterocycles. The Bertz CT molecular complexity index is 1300. The molecule has 0 spiro atoms. The van der Waals surface area contributed by atoms with E-state index in [1.165, 1.54) is 12.0 Å². The number of carbonyl (C=O) groups excluding carboxylic acids is 2. The molecular weight excluding hydrogens is 440 g/mol. The number of aryl methyl sites for hydroxylation is 3. The molecule has 1 aliphatic heterocycles. The van der Waals surface area contributed by atoms with Gasteiger partial charge >= 0.3 is 0 Å². The quantitative estimate of drug-likeness (QED) is 0.323. The van der Waals surface area contributed by atoms with Gasteiger partial charge in [-0.25, -0.2) is 0 Å². The van der Waals surface area contributed by atoms with Crippen LogP contribution in [-0.2, 0) is 9.59 Å². The van der Waals surface area contributed by atoms with Crippen molar-refractivity contribution < 1.29 is 19.4 Å². The Morgan fingerprint density at radius 3 is 2.48 bits per heavy atom. The van der Waals surface area contributed by atoms with E-state index >= 15 is 0 Å². The van der Waals surface area contributed by atoms with Crippen LogP contribution in [0.2, 0.25) is 5.02 Å². The van der Waals surface area contributed by atoms with E-state index in [1.807, 2.05) is 32.9 Å². The molecule has 0 radical (unpaired) electrons. The van der Waals surface area contributed by atoms with Crippen LogP contribution >= 0.6 is 11.6 Å². The number of Topliss-reactive ketones (excluding diaryl/α,β-unsaturated/α-hetero) is 1. The lowest BCUT2D eigenvalue weighted by atomic mass is 9.95.